The van der Waals surface area contributed by atoms with Gasteiger partial charge in [-0.25, -0.2) is 24.4 Å². The van der Waals surface area contributed by atoms with Crippen molar-refractivity contribution < 1.29 is 18.3 Å². The topological polar surface area (TPSA) is 81.6 Å². The molecule has 0 aliphatic heterocycles. The number of carbonyl (C=O) groups excluding carboxylic acids is 1. The predicted octanol–water partition coefficient (Wildman–Crippen LogP) is 1.79. The van der Waals surface area contributed by atoms with Crippen LogP contribution in [-0.2, 0) is 4.74 Å². The predicted molar refractivity (Wildman–Crippen MR) is 80.0 cm³/mol. The highest BCUT2D eigenvalue weighted by Gasteiger charge is 2.16. The SMILES string of the molecule is COC(=O)c1cc(C(=Nc2cccc(F)c2F)NN)cn1S. The molecule has 0 saturated heterocycles. The van der Waals surface area contributed by atoms with E-state index in [2.05, 4.69) is 28.0 Å². The molecule has 0 atom stereocenters. The fourth-order valence-corrected chi connectivity index (χ4v) is 1.98. The smallest absolute Gasteiger partial charge is 0.355 e. The van der Waals surface area contributed by atoms with Gasteiger partial charge in [-0.3, -0.25) is 3.97 Å². The average Bonchev–Trinajstić information content (AvgIpc) is 2.89. The summed E-state index contributed by atoms with van der Waals surface area (Å²) < 4.78 is 32.6. The number of ether oxygens (including phenoxy) is 1. The zero-order valence-electron chi connectivity index (χ0n) is 11.4. The van der Waals surface area contributed by atoms with Gasteiger partial charge in [0.05, 0.1) is 7.11 Å². The third-order valence-corrected chi connectivity index (χ3v) is 3.10. The number of nitrogens with one attached hydrogen (secondary N) is 1. The summed E-state index contributed by atoms with van der Waals surface area (Å²) in [5.74, 6) is 2.64. The van der Waals surface area contributed by atoms with E-state index in [1.165, 1.54) is 35.5 Å². The van der Waals surface area contributed by atoms with Crippen molar-refractivity contribution in [3.8, 4) is 0 Å². The van der Waals surface area contributed by atoms with E-state index in [-0.39, 0.29) is 17.2 Å². The molecule has 116 valence electrons. The fraction of sp³-hybridized carbons (Fsp3) is 0.0769. The first-order valence-corrected chi connectivity index (χ1v) is 6.37. The number of aliphatic imine (C=N–C) groups is 1. The molecule has 6 nitrogen and oxygen atoms in total. The zero-order chi connectivity index (χ0) is 16.3. The van der Waals surface area contributed by atoms with Gasteiger partial charge in [-0.1, -0.05) is 18.9 Å². The lowest BCUT2D eigenvalue weighted by molar-refractivity contribution is 0.0593. The second kappa shape index (κ2) is 6.58. The molecule has 2 aromatic rings. The summed E-state index contributed by atoms with van der Waals surface area (Å²) in [7, 11) is 1.22. The Balaban J connectivity index is 2.46. The van der Waals surface area contributed by atoms with Crippen molar-refractivity contribution in [2.75, 3.05) is 7.11 Å². The Morgan fingerprint density at radius 2 is 2.18 bits per heavy atom. The molecule has 1 heterocycles. The summed E-state index contributed by atoms with van der Waals surface area (Å²) in [5.41, 5.74) is 2.51. The molecule has 2 rings (SSSR count). The fourth-order valence-electron chi connectivity index (χ4n) is 1.72. The van der Waals surface area contributed by atoms with Crippen LogP contribution in [-0.4, -0.2) is 22.9 Å². The lowest BCUT2D eigenvalue weighted by Gasteiger charge is -2.04. The van der Waals surface area contributed by atoms with E-state index in [0.717, 1.165) is 6.07 Å². The van der Waals surface area contributed by atoms with Gasteiger partial charge in [0.25, 0.3) is 0 Å². The summed E-state index contributed by atoms with van der Waals surface area (Å²) in [6.45, 7) is 0. The Hall–Kier alpha value is -2.39. The van der Waals surface area contributed by atoms with E-state index in [9.17, 15) is 13.6 Å². The van der Waals surface area contributed by atoms with E-state index in [0.29, 0.717) is 5.56 Å². The molecule has 0 radical (unpaired) electrons. The van der Waals surface area contributed by atoms with Crippen LogP contribution in [0.3, 0.4) is 0 Å². The standard InChI is InChI=1S/C13H12F2N4O2S/c1-21-13(20)10-5-7(6-19(10)22)12(18-16)17-9-4-2-3-8(14)11(9)15/h2-6,22H,16H2,1H3,(H,17,18). The molecule has 9 heteroatoms. The third kappa shape index (κ3) is 3.10. The number of rotatable bonds is 3. The first-order valence-electron chi connectivity index (χ1n) is 5.97. The number of nitrogens with zero attached hydrogens (tertiary/aromatic N) is 2. The van der Waals surface area contributed by atoms with Gasteiger partial charge in [-0.2, -0.15) is 0 Å². The van der Waals surface area contributed by atoms with Crippen LogP contribution < -0.4 is 11.3 Å². The number of methoxy groups -OCH3 is 1. The number of hydrogen-bond donors (Lipinski definition) is 3. The first-order chi connectivity index (χ1) is 10.5. The van der Waals surface area contributed by atoms with Gasteiger partial charge >= 0.3 is 5.97 Å². The number of halogens is 2. The van der Waals surface area contributed by atoms with Crippen LogP contribution in [0.15, 0.2) is 35.5 Å². The van der Waals surface area contributed by atoms with Gasteiger partial charge in [0.1, 0.15) is 17.2 Å². The molecule has 1 aromatic heterocycles. The Kier molecular flexibility index (Phi) is 4.78. The van der Waals surface area contributed by atoms with Crippen molar-refractivity contribution in [1.29, 1.82) is 0 Å². The van der Waals surface area contributed by atoms with E-state index < -0.39 is 17.6 Å². The molecule has 0 fully saturated rings. The molecule has 0 spiro atoms. The minimum atomic E-state index is -1.10. The normalized spacial score (nSPS) is 11.4. The van der Waals surface area contributed by atoms with Gasteiger partial charge in [-0.15, -0.1) is 0 Å². The maximum absolute atomic E-state index is 13.6. The lowest BCUT2D eigenvalue weighted by atomic mass is 10.2. The van der Waals surface area contributed by atoms with Crippen LogP contribution in [0.4, 0.5) is 14.5 Å². The Morgan fingerprint density at radius 1 is 1.45 bits per heavy atom. The largest absolute Gasteiger partial charge is 0.464 e. The summed E-state index contributed by atoms with van der Waals surface area (Å²) in [6, 6.07) is 4.97. The Morgan fingerprint density at radius 3 is 2.82 bits per heavy atom. The molecule has 1 aromatic carbocycles. The number of benzene rings is 1. The number of aromatic nitrogens is 1. The summed E-state index contributed by atoms with van der Waals surface area (Å²) in [5, 5.41) is 0. The van der Waals surface area contributed by atoms with Crippen LogP contribution in [0.5, 0.6) is 0 Å². The quantitative estimate of drug-likeness (QED) is 0.201. The second-order valence-electron chi connectivity index (χ2n) is 4.13. The Bertz CT molecular complexity index is 746. The van der Waals surface area contributed by atoms with Gasteiger partial charge in [0.15, 0.2) is 11.6 Å². The maximum Gasteiger partial charge on any atom is 0.355 e. The molecule has 3 N–H and O–H groups in total. The summed E-state index contributed by atoms with van der Waals surface area (Å²) in [6.07, 6.45) is 1.42. The highest BCUT2D eigenvalue weighted by molar-refractivity contribution is 7.78. The number of nitrogens with two attached hydrogens (primary N) is 1. The molecular formula is C13H12F2N4O2S. The number of hydrazine groups is 1. The van der Waals surface area contributed by atoms with Crippen LogP contribution in [0.1, 0.15) is 16.1 Å². The molecule has 0 bridgehead atoms. The molecule has 0 unspecified atom stereocenters. The molecule has 0 saturated carbocycles. The molecule has 0 aliphatic carbocycles. The molecular weight excluding hydrogens is 314 g/mol. The summed E-state index contributed by atoms with van der Waals surface area (Å²) in [4.78, 5) is 15.4. The van der Waals surface area contributed by atoms with Crippen molar-refractivity contribution in [2.24, 2.45) is 10.8 Å². The molecule has 22 heavy (non-hydrogen) atoms. The maximum atomic E-state index is 13.6. The monoisotopic (exact) mass is 326 g/mol. The average molecular weight is 326 g/mol. The number of amidine groups is 1. The van der Waals surface area contributed by atoms with E-state index >= 15 is 0 Å². The minimum absolute atomic E-state index is 0.0300. The lowest BCUT2D eigenvalue weighted by Crippen LogP contribution is -2.30. The highest BCUT2D eigenvalue weighted by atomic mass is 32.1. The highest BCUT2D eigenvalue weighted by Crippen LogP contribution is 2.21. The van der Waals surface area contributed by atoms with Crippen molar-refractivity contribution in [1.82, 2.24) is 9.40 Å². The van der Waals surface area contributed by atoms with Crippen LogP contribution in [0.25, 0.3) is 0 Å². The van der Waals surface area contributed by atoms with Crippen LogP contribution in [0, 0.1) is 11.6 Å². The van der Waals surface area contributed by atoms with Crippen LogP contribution in [0.2, 0.25) is 0 Å². The third-order valence-electron chi connectivity index (χ3n) is 2.77. The van der Waals surface area contributed by atoms with Gasteiger partial charge in [0, 0.05) is 11.8 Å². The van der Waals surface area contributed by atoms with Crippen molar-refractivity contribution >= 4 is 30.3 Å². The van der Waals surface area contributed by atoms with E-state index in [1.54, 1.807) is 0 Å². The van der Waals surface area contributed by atoms with Crippen LogP contribution >= 0.6 is 12.8 Å². The summed E-state index contributed by atoms with van der Waals surface area (Å²) >= 11 is 4.07. The number of carbonyl (C=O) groups is 1. The first kappa shape index (κ1) is 16.0. The Labute approximate surface area is 130 Å². The van der Waals surface area contributed by atoms with E-state index in [4.69, 9.17) is 5.84 Å². The van der Waals surface area contributed by atoms with Crippen molar-refractivity contribution in [2.45, 2.75) is 0 Å². The number of thiol groups is 1. The number of esters is 1. The van der Waals surface area contributed by atoms with Gasteiger partial charge in [0.2, 0.25) is 0 Å². The second-order valence-corrected chi connectivity index (χ2v) is 4.56. The number of hydrogen-bond acceptors (Lipinski definition) is 5. The van der Waals surface area contributed by atoms with Gasteiger partial charge < -0.3 is 10.2 Å². The van der Waals surface area contributed by atoms with Crippen molar-refractivity contribution in [3.05, 3.63) is 53.4 Å². The molecule has 0 aliphatic rings. The molecule has 0 amide bonds. The van der Waals surface area contributed by atoms with Gasteiger partial charge in [-0.05, 0) is 18.2 Å². The van der Waals surface area contributed by atoms with Crippen molar-refractivity contribution in [3.63, 3.8) is 0 Å². The minimum Gasteiger partial charge on any atom is -0.464 e. The van der Waals surface area contributed by atoms with E-state index in [1.807, 2.05) is 0 Å². The zero-order valence-corrected chi connectivity index (χ0v) is 12.3.